The van der Waals surface area contributed by atoms with Gasteiger partial charge in [-0.05, 0) is 39.0 Å². The van der Waals surface area contributed by atoms with Crippen molar-refractivity contribution in [3.63, 3.8) is 0 Å². The Morgan fingerprint density at radius 1 is 1.43 bits per heavy atom. The summed E-state index contributed by atoms with van der Waals surface area (Å²) in [7, 11) is 0. The van der Waals surface area contributed by atoms with Gasteiger partial charge < -0.3 is 15.7 Å². The number of nitrogens with zero attached hydrogens (tertiary/aromatic N) is 2. The Kier molecular flexibility index (Phi) is 5.57. The SMILES string of the molecule is C=C(C)CN=C1CCC/C1=C(/N)C(=O)N1CCC(O)(CF)CC1. The van der Waals surface area contributed by atoms with Crippen LogP contribution in [-0.4, -0.2) is 53.5 Å². The summed E-state index contributed by atoms with van der Waals surface area (Å²) in [5.41, 5.74) is 7.75. The fourth-order valence-corrected chi connectivity index (χ4v) is 2.98. The molecule has 1 saturated heterocycles. The van der Waals surface area contributed by atoms with E-state index in [0.29, 0.717) is 19.6 Å². The number of likely N-dealkylation sites (tertiary alicyclic amines) is 1. The van der Waals surface area contributed by atoms with Gasteiger partial charge in [-0.1, -0.05) is 12.2 Å². The molecule has 1 aliphatic carbocycles. The van der Waals surface area contributed by atoms with Crippen molar-refractivity contribution in [2.75, 3.05) is 26.3 Å². The van der Waals surface area contributed by atoms with Crippen LogP contribution in [0.15, 0.2) is 28.4 Å². The van der Waals surface area contributed by atoms with Crippen molar-refractivity contribution in [3.05, 3.63) is 23.4 Å². The van der Waals surface area contributed by atoms with Crippen LogP contribution in [0.4, 0.5) is 4.39 Å². The number of allylic oxidation sites excluding steroid dienone is 1. The van der Waals surface area contributed by atoms with Crippen LogP contribution >= 0.6 is 0 Å². The summed E-state index contributed by atoms with van der Waals surface area (Å²) in [5, 5.41) is 9.91. The Morgan fingerprint density at radius 3 is 2.65 bits per heavy atom. The van der Waals surface area contributed by atoms with Crippen LogP contribution in [0.25, 0.3) is 0 Å². The minimum absolute atomic E-state index is 0.231. The number of halogens is 1. The van der Waals surface area contributed by atoms with E-state index in [1.165, 1.54) is 0 Å². The molecule has 0 spiro atoms. The van der Waals surface area contributed by atoms with Crippen molar-refractivity contribution in [1.29, 1.82) is 0 Å². The molecule has 0 atom stereocenters. The Morgan fingerprint density at radius 2 is 2.09 bits per heavy atom. The first kappa shape index (κ1) is 17.7. The third-order valence-corrected chi connectivity index (χ3v) is 4.51. The monoisotopic (exact) mass is 323 g/mol. The molecule has 128 valence electrons. The summed E-state index contributed by atoms with van der Waals surface area (Å²) in [6.07, 6.45) is 3.02. The number of amides is 1. The molecular formula is C17H26FN3O2. The van der Waals surface area contributed by atoms with Gasteiger partial charge in [0.05, 0.1) is 12.1 Å². The molecule has 2 aliphatic rings. The summed E-state index contributed by atoms with van der Waals surface area (Å²) in [4.78, 5) is 18.7. The summed E-state index contributed by atoms with van der Waals surface area (Å²) in [6.45, 7) is 6.17. The molecule has 1 amide bonds. The number of rotatable bonds is 4. The molecule has 0 unspecified atom stereocenters. The average molecular weight is 323 g/mol. The second-order valence-electron chi connectivity index (χ2n) is 6.62. The largest absolute Gasteiger partial charge is 0.394 e. The molecule has 0 aromatic rings. The van der Waals surface area contributed by atoms with Crippen LogP contribution in [0.3, 0.4) is 0 Å². The molecule has 5 nitrogen and oxygen atoms in total. The van der Waals surface area contributed by atoms with E-state index in [4.69, 9.17) is 5.73 Å². The number of aliphatic hydroxyl groups is 1. The Balaban J connectivity index is 2.09. The lowest BCUT2D eigenvalue weighted by atomic mass is 9.92. The van der Waals surface area contributed by atoms with Gasteiger partial charge in [-0.2, -0.15) is 0 Å². The highest BCUT2D eigenvalue weighted by Gasteiger charge is 2.35. The smallest absolute Gasteiger partial charge is 0.270 e. The fourth-order valence-electron chi connectivity index (χ4n) is 2.98. The molecule has 6 heteroatoms. The lowest BCUT2D eigenvalue weighted by Crippen LogP contribution is -2.49. The number of nitrogens with two attached hydrogens (primary N) is 1. The predicted octanol–water partition coefficient (Wildman–Crippen LogP) is 1.72. The fraction of sp³-hybridized carbons (Fsp3) is 0.647. The number of carbonyl (C=O) groups is 1. The molecule has 0 aromatic heterocycles. The Hall–Kier alpha value is -1.69. The van der Waals surface area contributed by atoms with Crippen LogP contribution in [0.1, 0.15) is 39.0 Å². The predicted molar refractivity (Wildman–Crippen MR) is 88.9 cm³/mol. The van der Waals surface area contributed by atoms with Crippen LogP contribution < -0.4 is 5.73 Å². The van der Waals surface area contributed by atoms with Crippen LogP contribution in [0, 0.1) is 0 Å². The first-order chi connectivity index (χ1) is 10.9. The maximum atomic E-state index is 12.8. The number of aliphatic imine (C=N–C) groups is 1. The van der Waals surface area contributed by atoms with Gasteiger partial charge >= 0.3 is 0 Å². The van der Waals surface area contributed by atoms with Gasteiger partial charge in [0.25, 0.3) is 5.91 Å². The number of carbonyl (C=O) groups excluding carboxylic acids is 1. The normalized spacial score (nSPS) is 24.8. The van der Waals surface area contributed by atoms with Crippen molar-refractivity contribution < 1.29 is 14.3 Å². The topological polar surface area (TPSA) is 78.9 Å². The van der Waals surface area contributed by atoms with E-state index in [-0.39, 0.29) is 24.4 Å². The first-order valence-electron chi connectivity index (χ1n) is 8.10. The molecule has 2 fully saturated rings. The van der Waals surface area contributed by atoms with Crippen molar-refractivity contribution in [2.24, 2.45) is 10.7 Å². The number of alkyl halides is 1. The van der Waals surface area contributed by atoms with E-state index in [1.54, 1.807) is 4.90 Å². The highest BCUT2D eigenvalue weighted by molar-refractivity contribution is 6.09. The van der Waals surface area contributed by atoms with E-state index in [1.807, 2.05) is 6.92 Å². The molecule has 1 saturated carbocycles. The van der Waals surface area contributed by atoms with Crippen molar-refractivity contribution in [1.82, 2.24) is 4.90 Å². The summed E-state index contributed by atoms with van der Waals surface area (Å²) in [6, 6.07) is 0. The molecule has 0 bridgehead atoms. The van der Waals surface area contributed by atoms with Gasteiger partial charge in [-0.25, -0.2) is 4.39 Å². The third kappa shape index (κ3) is 4.19. The highest BCUT2D eigenvalue weighted by Crippen LogP contribution is 2.27. The van der Waals surface area contributed by atoms with Gasteiger partial charge in [0, 0.05) is 24.4 Å². The minimum atomic E-state index is -1.29. The number of hydrogen-bond donors (Lipinski definition) is 2. The second kappa shape index (κ2) is 7.25. The summed E-state index contributed by atoms with van der Waals surface area (Å²) in [5.74, 6) is -0.231. The van der Waals surface area contributed by atoms with Crippen LogP contribution in [0.5, 0.6) is 0 Å². The van der Waals surface area contributed by atoms with Crippen LogP contribution in [0.2, 0.25) is 0 Å². The minimum Gasteiger partial charge on any atom is -0.394 e. The van der Waals surface area contributed by atoms with E-state index in [2.05, 4.69) is 11.6 Å². The zero-order chi connectivity index (χ0) is 17.0. The number of piperidine rings is 1. The van der Waals surface area contributed by atoms with Crippen molar-refractivity contribution >= 4 is 11.6 Å². The van der Waals surface area contributed by atoms with Crippen LogP contribution in [-0.2, 0) is 4.79 Å². The Labute approximate surface area is 136 Å². The molecule has 23 heavy (non-hydrogen) atoms. The van der Waals surface area contributed by atoms with Gasteiger partial charge in [0.15, 0.2) is 0 Å². The van der Waals surface area contributed by atoms with E-state index < -0.39 is 12.3 Å². The molecule has 1 aliphatic heterocycles. The van der Waals surface area contributed by atoms with E-state index in [0.717, 1.165) is 36.1 Å². The molecule has 0 radical (unpaired) electrons. The molecule has 2 rings (SSSR count). The molecule has 1 heterocycles. The lowest BCUT2D eigenvalue weighted by molar-refractivity contribution is -0.132. The summed E-state index contributed by atoms with van der Waals surface area (Å²) < 4.78 is 12.8. The zero-order valence-corrected chi connectivity index (χ0v) is 13.8. The maximum absolute atomic E-state index is 12.8. The van der Waals surface area contributed by atoms with Gasteiger partial charge in [-0.15, -0.1) is 0 Å². The van der Waals surface area contributed by atoms with Gasteiger partial charge in [0.1, 0.15) is 12.4 Å². The average Bonchev–Trinajstić information content (AvgIpc) is 3.00. The second-order valence-corrected chi connectivity index (χ2v) is 6.62. The first-order valence-corrected chi connectivity index (χ1v) is 8.10. The molecule has 0 aromatic carbocycles. The quantitative estimate of drug-likeness (QED) is 0.611. The van der Waals surface area contributed by atoms with E-state index in [9.17, 15) is 14.3 Å². The Bertz CT molecular complexity index is 546. The lowest BCUT2D eigenvalue weighted by Gasteiger charge is -2.36. The van der Waals surface area contributed by atoms with Gasteiger partial charge in [0.2, 0.25) is 0 Å². The maximum Gasteiger partial charge on any atom is 0.270 e. The van der Waals surface area contributed by atoms with Crippen molar-refractivity contribution in [2.45, 2.75) is 44.6 Å². The van der Waals surface area contributed by atoms with Gasteiger partial charge in [-0.3, -0.25) is 9.79 Å². The van der Waals surface area contributed by atoms with E-state index >= 15 is 0 Å². The molecule has 3 N–H and O–H groups in total. The highest BCUT2D eigenvalue weighted by atomic mass is 19.1. The van der Waals surface area contributed by atoms with Crippen molar-refractivity contribution in [3.8, 4) is 0 Å². The number of hydrogen-bond acceptors (Lipinski definition) is 4. The standard InChI is InChI=1S/C17H26FN3O2/c1-12(2)10-20-14-5-3-4-13(14)15(19)16(22)21-8-6-17(23,11-18)7-9-21/h23H,1,3-11,19H2,2H3/b15-13-,20-14?. The zero-order valence-electron chi connectivity index (χ0n) is 13.8. The third-order valence-electron chi connectivity index (χ3n) is 4.51. The summed E-state index contributed by atoms with van der Waals surface area (Å²) >= 11 is 0. The molecular weight excluding hydrogens is 297 g/mol.